The van der Waals surface area contributed by atoms with Crippen LogP contribution in [0.5, 0.6) is 0 Å². The summed E-state index contributed by atoms with van der Waals surface area (Å²) < 4.78 is 34.4. The maximum atomic E-state index is 12.8. The molecule has 1 N–H and O–H groups in total. The summed E-state index contributed by atoms with van der Waals surface area (Å²) in [4.78, 5) is 17.6. The Hall–Kier alpha value is -3.01. The van der Waals surface area contributed by atoms with Gasteiger partial charge in [-0.3, -0.25) is 4.79 Å². The number of benzene rings is 2. The van der Waals surface area contributed by atoms with E-state index in [9.17, 15) is 13.2 Å². The minimum Gasteiger partial charge on any atom is -0.379 e. The van der Waals surface area contributed by atoms with Gasteiger partial charge in [-0.05, 0) is 49.1 Å². The summed E-state index contributed by atoms with van der Waals surface area (Å²) in [5.41, 5.74) is 3.58. The Morgan fingerprint density at radius 1 is 1.03 bits per heavy atom. The number of rotatable bonds is 7. The van der Waals surface area contributed by atoms with E-state index in [2.05, 4.69) is 16.1 Å². The van der Waals surface area contributed by atoms with Crippen LogP contribution in [0.3, 0.4) is 0 Å². The van der Waals surface area contributed by atoms with E-state index in [0.29, 0.717) is 39.1 Å². The number of nitrogens with zero attached hydrogens (tertiary/aromatic N) is 3. The van der Waals surface area contributed by atoms with Crippen molar-refractivity contribution in [1.29, 1.82) is 0 Å². The van der Waals surface area contributed by atoms with Crippen LogP contribution in [0, 0.1) is 0 Å². The summed E-state index contributed by atoms with van der Waals surface area (Å²) in [6, 6.07) is 14.6. The second kappa shape index (κ2) is 10.3. The van der Waals surface area contributed by atoms with Gasteiger partial charge in [0.05, 0.1) is 23.8 Å². The molecular formula is C26H30N4O4S. The fourth-order valence-electron chi connectivity index (χ4n) is 4.55. The Balaban J connectivity index is 1.17. The maximum Gasteiger partial charge on any atom is 0.243 e. The number of fused-ring (bicyclic) bond motifs is 1. The fourth-order valence-corrected chi connectivity index (χ4v) is 5.96. The highest BCUT2D eigenvalue weighted by molar-refractivity contribution is 7.89. The van der Waals surface area contributed by atoms with E-state index in [0.717, 1.165) is 41.3 Å². The highest BCUT2D eigenvalue weighted by Crippen LogP contribution is 2.25. The van der Waals surface area contributed by atoms with Crippen LogP contribution >= 0.6 is 0 Å². The van der Waals surface area contributed by atoms with Crippen LogP contribution < -0.4 is 5.32 Å². The predicted octanol–water partition coefficient (Wildman–Crippen LogP) is 3.48. The summed E-state index contributed by atoms with van der Waals surface area (Å²) in [6.45, 7) is 2.58. The number of aryl methyl sites for hydroxylation is 3. The second-order valence-corrected chi connectivity index (χ2v) is 10.9. The van der Waals surface area contributed by atoms with E-state index in [1.54, 1.807) is 24.3 Å². The first-order valence-corrected chi connectivity index (χ1v) is 13.6. The molecule has 1 amide bonds. The van der Waals surface area contributed by atoms with Crippen molar-refractivity contribution in [3.8, 4) is 11.3 Å². The van der Waals surface area contributed by atoms with Gasteiger partial charge in [-0.15, -0.1) is 0 Å². The number of aromatic nitrogens is 2. The first kappa shape index (κ1) is 23.7. The van der Waals surface area contributed by atoms with Gasteiger partial charge in [-0.1, -0.05) is 24.3 Å². The van der Waals surface area contributed by atoms with E-state index in [-0.39, 0.29) is 10.8 Å². The lowest BCUT2D eigenvalue weighted by Crippen LogP contribution is -2.40. The summed E-state index contributed by atoms with van der Waals surface area (Å²) >= 11 is 0. The van der Waals surface area contributed by atoms with Crippen molar-refractivity contribution in [1.82, 2.24) is 13.9 Å². The molecule has 2 aromatic carbocycles. The summed E-state index contributed by atoms with van der Waals surface area (Å²) in [5, 5.41) is 2.97. The molecule has 0 aliphatic carbocycles. The summed E-state index contributed by atoms with van der Waals surface area (Å²) in [6.07, 6.45) is 6.30. The minimum atomic E-state index is -3.51. The smallest absolute Gasteiger partial charge is 0.243 e. The van der Waals surface area contributed by atoms with Gasteiger partial charge in [0.25, 0.3) is 0 Å². The van der Waals surface area contributed by atoms with Gasteiger partial charge in [0, 0.05) is 49.9 Å². The molecule has 0 unspecified atom stereocenters. The Kier molecular flexibility index (Phi) is 6.99. The molecule has 0 radical (unpaired) electrons. The van der Waals surface area contributed by atoms with E-state index >= 15 is 0 Å². The third-order valence-corrected chi connectivity index (χ3v) is 8.44. The highest BCUT2D eigenvalue weighted by atomic mass is 32.2. The normalized spacial score (nSPS) is 16.6. The van der Waals surface area contributed by atoms with Crippen LogP contribution in [0.2, 0.25) is 0 Å². The standard InChI is InChI=1S/C26H30N4O4S/c31-26(12-9-20-7-10-23(11-8-20)35(32,33)30-14-16-34-17-15-30)27-22-5-3-4-21(18-22)24-19-29-13-2-1-6-25(29)28-24/h3-5,7-8,10-11,18-19H,1-2,6,9,12-17H2,(H,27,31). The lowest BCUT2D eigenvalue weighted by molar-refractivity contribution is -0.116. The van der Waals surface area contributed by atoms with E-state index in [1.165, 1.54) is 17.1 Å². The topological polar surface area (TPSA) is 93.5 Å². The lowest BCUT2D eigenvalue weighted by atomic mass is 10.1. The number of hydrogen-bond donors (Lipinski definition) is 1. The van der Waals surface area contributed by atoms with Crippen molar-refractivity contribution >= 4 is 21.6 Å². The first-order chi connectivity index (χ1) is 17.0. The zero-order valence-electron chi connectivity index (χ0n) is 19.7. The van der Waals surface area contributed by atoms with Crippen LogP contribution in [0.25, 0.3) is 11.3 Å². The number of nitrogens with one attached hydrogen (secondary N) is 1. The van der Waals surface area contributed by atoms with Gasteiger partial charge in [0.1, 0.15) is 5.82 Å². The molecule has 8 nitrogen and oxygen atoms in total. The van der Waals surface area contributed by atoms with Crippen molar-refractivity contribution in [2.45, 2.75) is 43.5 Å². The molecular weight excluding hydrogens is 464 g/mol. The Morgan fingerprint density at radius 3 is 2.60 bits per heavy atom. The zero-order valence-corrected chi connectivity index (χ0v) is 20.5. The molecule has 184 valence electrons. The van der Waals surface area contributed by atoms with Gasteiger partial charge in [0.15, 0.2) is 0 Å². The molecule has 3 aromatic rings. The number of carbonyl (C=O) groups is 1. The molecule has 2 aliphatic rings. The van der Waals surface area contributed by atoms with Gasteiger partial charge in [0.2, 0.25) is 15.9 Å². The molecule has 5 rings (SSSR count). The fraction of sp³-hybridized carbons (Fsp3) is 0.385. The van der Waals surface area contributed by atoms with Crippen molar-refractivity contribution in [3.05, 3.63) is 66.1 Å². The van der Waals surface area contributed by atoms with E-state index < -0.39 is 10.0 Å². The maximum absolute atomic E-state index is 12.8. The number of carbonyl (C=O) groups excluding carboxylic acids is 1. The molecule has 1 aromatic heterocycles. The molecule has 0 spiro atoms. The van der Waals surface area contributed by atoms with Crippen LogP contribution in [0.1, 0.15) is 30.7 Å². The second-order valence-electron chi connectivity index (χ2n) is 8.98. The zero-order chi connectivity index (χ0) is 24.3. The molecule has 1 fully saturated rings. The average Bonchev–Trinajstić information content (AvgIpc) is 3.33. The molecule has 3 heterocycles. The number of ether oxygens (including phenoxy) is 1. The summed E-state index contributed by atoms with van der Waals surface area (Å²) in [7, 11) is -3.51. The van der Waals surface area contributed by atoms with Crippen molar-refractivity contribution in [3.63, 3.8) is 0 Å². The molecule has 0 saturated carbocycles. The first-order valence-electron chi connectivity index (χ1n) is 12.1. The Labute approximate surface area is 206 Å². The SMILES string of the molecule is O=C(CCc1ccc(S(=O)(=O)N2CCOCC2)cc1)Nc1cccc(-c2cn3c(n2)CCCC3)c1. The number of amides is 1. The van der Waals surface area contributed by atoms with Gasteiger partial charge in [-0.25, -0.2) is 13.4 Å². The quantitative estimate of drug-likeness (QED) is 0.543. The van der Waals surface area contributed by atoms with Gasteiger partial charge in [-0.2, -0.15) is 4.31 Å². The van der Waals surface area contributed by atoms with Crippen molar-refractivity contribution in [2.24, 2.45) is 0 Å². The third-order valence-electron chi connectivity index (χ3n) is 6.52. The summed E-state index contributed by atoms with van der Waals surface area (Å²) in [5.74, 6) is 1.04. The lowest BCUT2D eigenvalue weighted by Gasteiger charge is -2.26. The number of sulfonamides is 1. The minimum absolute atomic E-state index is 0.0868. The number of imidazole rings is 1. The number of morpholine rings is 1. The Bertz CT molecular complexity index is 1270. The molecule has 1 saturated heterocycles. The van der Waals surface area contributed by atoms with Crippen LogP contribution in [-0.2, 0) is 38.9 Å². The molecule has 9 heteroatoms. The van der Waals surface area contributed by atoms with Crippen LogP contribution in [0.15, 0.2) is 59.6 Å². The molecule has 0 bridgehead atoms. The average molecular weight is 495 g/mol. The highest BCUT2D eigenvalue weighted by Gasteiger charge is 2.26. The van der Waals surface area contributed by atoms with Gasteiger partial charge >= 0.3 is 0 Å². The van der Waals surface area contributed by atoms with Gasteiger partial charge < -0.3 is 14.6 Å². The van der Waals surface area contributed by atoms with Crippen molar-refractivity contribution < 1.29 is 17.9 Å². The van der Waals surface area contributed by atoms with Crippen molar-refractivity contribution in [2.75, 3.05) is 31.6 Å². The largest absolute Gasteiger partial charge is 0.379 e. The number of anilines is 1. The predicted molar refractivity (Wildman–Crippen MR) is 134 cm³/mol. The van der Waals surface area contributed by atoms with E-state index in [1.807, 2.05) is 24.3 Å². The van der Waals surface area contributed by atoms with Crippen LogP contribution in [-0.4, -0.2) is 54.5 Å². The molecule has 35 heavy (non-hydrogen) atoms. The number of hydrogen-bond acceptors (Lipinski definition) is 5. The monoisotopic (exact) mass is 494 g/mol. The Morgan fingerprint density at radius 2 is 1.83 bits per heavy atom. The van der Waals surface area contributed by atoms with E-state index in [4.69, 9.17) is 9.72 Å². The van der Waals surface area contributed by atoms with Crippen LogP contribution in [0.4, 0.5) is 5.69 Å². The molecule has 2 aliphatic heterocycles. The third kappa shape index (κ3) is 5.47. The molecule has 0 atom stereocenters.